The van der Waals surface area contributed by atoms with Crippen molar-refractivity contribution in [1.82, 2.24) is 19.8 Å². The van der Waals surface area contributed by atoms with Crippen LogP contribution in [0.4, 0.5) is 0 Å². The average Bonchev–Trinajstić information content (AvgIpc) is 3.49. The molecule has 4 bridgehead atoms. The summed E-state index contributed by atoms with van der Waals surface area (Å²) in [6.07, 6.45) is 1.20. The summed E-state index contributed by atoms with van der Waals surface area (Å²) >= 11 is 0. The number of imidazole rings is 1. The van der Waals surface area contributed by atoms with Crippen LogP contribution in [-0.4, -0.2) is 47.4 Å². The highest BCUT2D eigenvalue weighted by atomic mass is 16.5. The van der Waals surface area contributed by atoms with Crippen LogP contribution in [0.15, 0.2) is 71.5 Å². The number of para-hydroxylation sites is 1. The summed E-state index contributed by atoms with van der Waals surface area (Å²) in [6.45, 7) is 2.07. The van der Waals surface area contributed by atoms with Gasteiger partial charge in [0.15, 0.2) is 0 Å². The van der Waals surface area contributed by atoms with Crippen molar-refractivity contribution in [2.24, 2.45) is 0 Å². The van der Waals surface area contributed by atoms with E-state index in [2.05, 4.69) is 22.8 Å². The summed E-state index contributed by atoms with van der Waals surface area (Å²) in [5.74, 6) is 1.51. The van der Waals surface area contributed by atoms with Gasteiger partial charge in [-0.3, -0.25) is 13.9 Å². The molecule has 8 heteroatoms. The largest absolute Gasteiger partial charge is 0.497 e. The summed E-state index contributed by atoms with van der Waals surface area (Å²) in [5, 5.41) is 6.30. The van der Waals surface area contributed by atoms with Gasteiger partial charge in [0.25, 0.3) is 0 Å². The first-order valence-electron chi connectivity index (χ1n) is 12.7. The van der Waals surface area contributed by atoms with Crippen LogP contribution in [0.25, 0.3) is 22.2 Å². The molecule has 1 amide bonds. The lowest BCUT2D eigenvalue weighted by Gasteiger charge is -2.14. The van der Waals surface area contributed by atoms with Crippen LogP contribution in [0, 0.1) is 0 Å². The number of amides is 1. The van der Waals surface area contributed by atoms with E-state index in [1.54, 1.807) is 7.11 Å². The summed E-state index contributed by atoms with van der Waals surface area (Å²) in [7, 11) is 1.64. The van der Waals surface area contributed by atoms with Gasteiger partial charge in [0.1, 0.15) is 17.6 Å². The molecule has 3 heterocycles. The van der Waals surface area contributed by atoms with E-state index < -0.39 is 0 Å². The van der Waals surface area contributed by atoms with Gasteiger partial charge < -0.3 is 20.1 Å². The summed E-state index contributed by atoms with van der Waals surface area (Å²) in [4.78, 5) is 26.5. The van der Waals surface area contributed by atoms with Gasteiger partial charge in [0.2, 0.25) is 5.91 Å². The molecular formula is C29H30N4O4. The van der Waals surface area contributed by atoms with Gasteiger partial charge in [-0.1, -0.05) is 36.4 Å². The number of benzene rings is 3. The van der Waals surface area contributed by atoms with E-state index in [-0.39, 0.29) is 23.7 Å². The van der Waals surface area contributed by atoms with Crippen LogP contribution in [0.5, 0.6) is 11.5 Å². The van der Waals surface area contributed by atoms with Crippen LogP contribution in [0.2, 0.25) is 0 Å². The lowest BCUT2D eigenvalue weighted by atomic mass is 10.0. The molecule has 1 fully saturated rings. The molecule has 3 aromatic carbocycles. The van der Waals surface area contributed by atoms with Crippen molar-refractivity contribution >= 4 is 16.9 Å². The van der Waals surface area contributed by atoms with E-state index in [1.165, 1.54) is 0 Å². The Kier molecular flexibility index (Phi) is 6.18. The van der Waals surface area contributed by atoms with Gasteiger partial charge in [0, 0.05) is 31.6 Å². The van der Waals surface area contributed by atoms with Crippen molar-refractivity contribution in [3.05, 3.63) is 82.8 Å². The Morgan fingerprint density at radius 1 is 1.05 bits per heavy atom. The fourth-order valence-electron chi connectivity index (χ4n) is 5.38. The fraction of sp³-hybridized carbons (Fsp3) is 0.310. The molecule has 8 nitrogen and oxygen atoms in total. The summed E-state index contributed by atoms with van der Waals surface area (Å²) < 4.78 is 15.2. The molecule has 4 aromatic rings. The second kappa shape index (κ2) is 9.78. The third kappa shape index (κ3) is 4.49. The Bertz CT molecular complexity index is 1500. The second-order valence-electron chi connectivity index (χ2n) is 9.65. The number of hydrogen-bond donors (Lipinski definition) is 2. The maximum absolute atomic E-state index is 13.8. The first kappa shape index (κ1) is 23.4. The van der Waals surface area contributed by atoms with Crippen molar-refractivity contribution in [2.75, 3.05) is 20.2 Å². The van der Waals surface area contributed by atoms with Crippen LogP contribution in [0.3, 0.4) is 0 Å². The third-order valence-electron chi connectivity index (χ3n) is 7.25. The molecule has 0 saturated carbocycles. The Morgan fingerprint density at radius 3 is 2.73 bits per heavy atom. The molecule has 0 radical (unpaired) electrons. The molecule has 0 aliphatic carbocycles. The van der Waals surface area contributed by atoms with Crippen LogP contribution in [0.1, 0.15) is 18.4 Å². The molecule has 2 N–H and O–H groups in total. The Hall–Kier alpha value is -4.04. The molecule has 0 spiro atoms. The van der Waals surface area contributed by atoms with Crippen LogP contribution >= 0.6 is 0 Å². The van der Waals surface area contributed by atoms with E-state index in [0.29, 0.717) is 39.0 Å². The normalized spacial score (nSPS) is 19.5. The number of aryl methyl sites for hydroxylation is 1. The minimum Gasteiger partial charge on any atom is -0.497 e. The maximum Gasteiger partial charge on any atom is 0.329 e. The quantitative estimate of drug-likeness (QED) is 0.453. The maximum atomic E-state index is 13.8. The Balaban J connectivity index is 1.47. The van der Waals surface area contributed by atoms with E-state index in [0.717, 1.165) is 39.2 Å². The number of nitrogens with zero attached hydrogens (tertiary/aromatic N) is 2. The number of carbonyl (C=O) groups is 1. The monoisotopic (exact) mass is 498 g/mol. The Labute approximate surface area is 214 Å². The molecular weight excluding hydrogens is 468 g/mol. The van der Waals surface area contributed by atoms with Crippen molar-refractivity contribution in [2.45, 2.75) is 38.1 Å². The molecule has 2 aliphatic heterocycles. The van der Waals surface area contributed by atoms with E-state index in [4.69, 9.17) is 9.47 Å². The number of fused-ring (bicyclic) bond motifs is 5. The summed E-state index contributed by atoms with van der Waals surface area (Å²) in [6, 6.07) is 21.6. The van der Waals surface area contributed by atoms with E-state index in [9.17, 15) is 9.59 Å². The van der Waals surface area contributed by atoms with Gasteiger partial charge in [-0.2, -0.15) is 0 Å². The Morgan fingerprint density at radius 2 is 1.89 bits per heavy atom. The molecule has 190 valence electrons. The van der Waals surface area contributed by atoms with Gasteiger partial charge >= 0.3 is 5.69 Å². The van der Waals surface area contributed by atoms with Crippen molar-refractivity contribution in [3.63, 3.8) is 0 Å². The standard InChI is InChI=1S/C29H30N4O4/c1-36-21-11-9-19(10-12-21)18-33-26-8-3-7-24-20-5-2-6-22(15-20)37-23-16-25(31-17-23)28(34)30-13-4-14-32(27(24)26)29(33)35/h2-3,5-12,15,23,25,31H,4,13-14,16-18H2,1H3,(H,30,34)/t23-,25-/m0/s1. The number of methoxy groups -OCH3 is 1. The SMILES string of the molecule is COc1ccc(Cn2c(=O)n3c4c(cccc42)-c2cccc(c2)O[C@@H]2CN[C@@H](C2)C(=O)NCCC3)cc1. The van der Waals surface area contributed by atoms with Gasteiger partial charge in [-0.25, -0.2) is 4.79 Å². The highest BCUT2D eigenvalue weighted by molar-refractivity contribution is 5.93. The highest BCUT2D eigenvalue weighted by Crippen LogP contribution is 2.32. The van der Waals surface area contributed by atoms with Crippen molar-refractivity contribution in [1.29, 1.82) is 0 Å². The lowest BCUT2D eigenvalue weighted by molar-refractivity contribution is -0.122. The number of carbonyl (C=O) groups excluding carboxylic acids is 1. The minimum atomic E-state index is -0.268. The minimum absolute atomic E-state index is 0.0234. The van der Waals surface area contributed by atoms with Gasteiger partial charge in [-0.15, -0.1) is 0 Å². The molecule has 2 atom stereocenters. The zero-order valence-corrected chi connectivity index (χ0v) is 20.8. The number of rotatable bonds is 3. The number of hydrogen-bond acceptors (Lipinski definition) is 5. The van der Waals surface area contributed by atoms with Gasteiger partial charge in [0.05, 0.1) is 30.7 Å². The van der Waals surface area contributed by atoms with E-state index >= 15 is 0 Å². The molecule has 1 saturated heterocycles. The molecule has 1 aromatic heterocycles. The predicted molar refractivity (Wildman–Crippen MR) is 142 cm³/mol. The van der Waals surface area contributed by atoms with Crippen LogP contribution in [-0.2, 0) is 17.9 Å². The molecule has 6 rings (SSSR count). The topological polar surface area (TPSA) is 86.5 Å². The fourth-order valence-corrected chi connectivity index (χ4v) is 5.38. The third-order valence-corrected chi connectivity index (χ3v) is 7.25. The summed E-state index contributed by atoms with van der Waals surface area (Å²) in [5.41, 5.74) is 4.69. The first-order chi connectivity index (χ1) is 18.1. The number of ether oxygens (including phenoxy) is 2. The smallest absolute Gasteiger partial charge is 0.329 e. The first-order valence-corrected chi connectivity index (χ1v) is 12.7. The van der Waals surface area contributed by atoms with Crippen molar-refractivity contribution in [3.8, 4) is 22.6 Å². The second-order valence-corrected chi connectivity index (χ2v) is 9.65. The molecule has 37 heavy (non-hydrogen) atoms. The lowest BCUT2D eigenvalue weighted by Crippen LogP contribution is -2.41. The van der Waals surface area contributed by atoms with E-state index in [1.807, 2.05) is 63.7 Å². The van der Waals surface area contributed by atoms with Crippen LogP contribution < -0.4 is 25.8 Å². The van der Waals surface area contributed by atoms with Crippen molar-refractivity contribution < 1.29 is 14.3 Å². The molecule has 0 unspecified atom stereocenters. The zero-order valence-electron chi connectivity index (χ0n) is 20.8. The van der Waals surface area contributed by atoms with Gasteiger partial charge in [-0.05, 0) is 47.9 Å². The molecule has 2 aliphatic rings. The highest BCUT2D eigenvalue weighted by Gasteiger charge is 2.30. The zero-order chi connectivity index (χ0) is 25.4. The average molecular weight is 499 g/mol. The number of nitrogens with one attached hydrogen (secondary N) is 2. The predicted octanol–water partition coefficient (Wildman–Crippen LogP) is 3.16. The number of aromatic nitrogens is 2.